The molecule has 0 amide bonds. The van der Waals surface area contributed by atoms with Crippen LogP contribution in [-0.2, 0) is 28.6 Å². The maximum Gasteiger partial charge on any atom is 0.306 e. The van der Waals surface area contributed by atoms with E-state index in [2.05, 4.69) is 112 Å². The number of carbonyl (C=O) groups is 3. The minimum absolute atomic E-state index is 0.102. The Kier molecular flexibility index (Phi) is 49.0. The molecule has 6 heteroatoms. The minimum Gasteiger partial charge on any atom is -0.462 e. The summed E-state index contributed by atoms with van der Waals surface area (Å²) in [5.41, 5.74) is 0. The van der Waals surface area contributed by atoms with Gasteiger partial charge in [0.1, 0.15) is 13.2 Å². The molecule has 0 aromatic carbocycles. The lowest BCUT2D eigenvalue weighted by molar-refractivity contribution is -0.166. The topological polar surface area (TPSA) is 78.9 Å². The number of hydrogen-bond donors (Lipinski definition) is 0. The number of esters is 3. The predicted molar refractivity (Wildman–Crippen MR) is 274 cm³/mol. The SMILES string of the molecule is CC/C=C\C/C=C\C/C=C\C/C=C\C/C=C\C/C=C\CCC(=O)OCC(COC(=O)CCCCCCCCCC)OC(=O)CCCCCCCCCCC/C=C\C/C=C\CCCCC. The number of allylic oxidation sites excluding steroid dienone is 16. The third-order valence-corrected chi connectivity index (χ3v) is 10.8. The summed E-state index contributed by atoms with van der Waals surface area (Å²) in [6.45, 7) is 6.39. The van der Waals surface area contributed by atoms with Crippen molar-refractivity contribution in [1.29, 1.82) is 0 Å². The highest BCUT2D eigenvalue weighted by Gasteiger charge is 2.19. The van der Waals surface area contributed by atoms with Crippen molar-refractivity contribution < 1.29 is 28.6 Å². The molecule has 0 aromatic rings. The van der Waals surface area contributed by atoms with Gasteiger partial charge in [-0.15, -0.1) is 0 Å². The van der Waals surface area contributed by atoms with Gasteiger partial charge in [0, 0.05) is 19.3 Å². The second kappa shape index (κ2) is 52.0. The fraction of sp³-hybridized carbons (Fsp3) is 0.672. The summed E-state index contributed by atoms with van der Waals surface area (Å²) < 4.78 is 16.7. The van der Waals surface area contributed by atoms with Crippen LogP contribution in [0, 0.1) is 0 Å². The molecule has 1 atom stereocenters. The van der Waals surface area contributed by atoms with Crippen LogP contribution in [-0.4, -0.2) is 37.2 Å². The molecule has 0 N–H and O–H groups in total. The van der Waals surface area contributed by atoms with Gasteiger partial charge in [-0.3, -0.25) is 14.4 Å². The molecule has 0 heterocycles. The summed E-state index contributed by atoms with van der Waals surface area (Å²) in [7, 11) is 0. The van der Waals surface area contributed by atoms with Crippen molar-refractivity contribution in [3.8, 4) is 0 Å². The normalized spacial score (nSPS) is 12.9. The van der Waals surface area contributed by atoms with Gasteiger partial charge < -0.3 is 14.2 Å². The molecule has 0 saturated carbocycles. The van der Waals surface area contributed by atoms with E-state index in [1.165, 1.54) is 103 Å². The maximum absolute atomic E-state index is 12.8. The molecule has 0 saturated heterocycles. The highest BCUT2D eigenvalue weighted by Crippen LogP contribution is 2.14. The molecule has 6 nitrogen and oxygen atoms in total. The molecule has 0 rings (SSSR count). The Balaban J connectivity index is 4.41. The van der Waals surface area contributed by atoms with Crippen LogP contribution in [0.1, 0.15) is 233 Å². The van der Waals surface area contributed by atoms with E-state index in [1.54, 1.807) is 0 Å². The molecule has 0 radical (unpaired) electrons. The van der Waals surface area contributed by atoms with Crippen LogP contribution < -0.4 is 0 Å². The Bertz CT molecular complexity index is 1300. The second-order valence-corrected chi connectivity index (χ2v) is 17.1. The number of hydrogen-bond acceptors (Lipinski definition) is 6. The first-order valence-electron chi connectivity index (χ1n) is 26.2. The standard InChI is InChI=1S/C58H96O6/c1-4-7-10-13-16-19-21-23-25-27-29-31-33-35-37-39-42-45-48-51-57(60)63-54-55(53-62-56(59)50-47-44-41-18-15-12-9-6-3)64-58(61)52-49-46-43-40-38-36-34-32-30-28-26-24-22-20-17-14-11-8-5-2/h7,10,16-17,19-20,23-26,29,31,35,37,42,45,55H,4-6,8-9,11-15,18,21-22,27-28,30,32-34,36,38-41,43-44,46-54H2,1-3H3/b10-7-,19-16-,20-17-,25-23-,26-24-,31-29-,37-35-,45-42-. The highest BCUT2D eigenvalue weighted by atomic mass is 16.6. The van der Waals surface area contributed by atoms with Crippen molar-refractivity contribution >= 4 is 17.9 Å². The van der Waals surface area contributed by atoms with Crippen molar-refractivity contribution in [3.63, 3.8) is 0 Å². The quantitative estimate of drug-likeness (QED) is 0.0262. The van der Waals surface area contributed by atoms with Gasteiger partial charge in [0.15, 0.2) is 6.10 Å². The van der Waals surface area contributed by atoms with Crippen LogP contribution in [0.3, 0.4) is 0 Å². The van der Waals surface area contributed by atoms with Crippen molar-refractivity contribution in [1.82, 2.24) is 0 Å². The number of ether oxygens (including phenoxy) is 3. The van der Waals surface area contributed by atoms with Crippen LogP contribution in [0.25, 0.3) is 0 Å². The Morgan fingerprint density at radius 2 is 0.641 bits per heavy atom. The zero-order valence-corrected chi connectivity index (χ0v) is 41.5. The summed E-state index contributed by atoms with van der Waals surface area (Å²) in [5.74, 6) is -1.00. The van der Waals surface area contributed by atoms with Crippen LogP contribution in [0.4, 0.5) is 0 Å². The van der Waals surface area contributed by atoms with Gasteiger partial charge in [-0.1, -0.05) is 221 Å². The molecule has 0 bridgehead atoms. The van der Waals surface area contributed by atoms with Gasteiger partial charge >= 0.3 is 17.9 Å². The fourth-order valence-corrected chi connectivity index (χ4v) is 6.91. The van der Waals surface area contributed by atoms with Gasteiger partial charge in [-0.25, -0.2) is 0 Å². The van der Waals surface area contributed by atoms with Gasteiger partial charge in [-0.05, 0) is 89.9 Å². The predicted octanol–water partition coefficient (Wildman–Crippen LogP) is 17.4. The average Bonchev–Trinajstić information content (AvgIpc) is 3.29. The highest BCUT2D eigenvalue weighted by molar-refractivity contribution is 5.71. The first-order valence-corrected chi connectivity index (χ1v) is 26.2. The Morgan fingerprint density at radius 3 is 1.08 bits per heavy atom. The Labute approximate surface area is 394 Å². The first kappa shape index (κ1) is 60.3. The lowest BCUT2D eigenvalue weighted by atomic mass is 10.1. The molecule has 0 aliphatic heterocycles. The minimum atomic E-state index is -0.808. The molecular weight excluding hydrogens is 793 g/mol. The Hall–Kier alpha value is -3.67. The third-order valence-electron chi connectivity index (χ3n) is 10.8. The van der Waals surface area contributed by atoms with Crippen LogP contribution >= 0.6 is 0 Å². The van der Waals surface area contributed by atoms with Gasteiger partial charge in [0.25, 0.3) is 0 Å². The van der Waals surface area contributed by atoms with Crippen LogP contribution in [0.5, 0.6) is 0 Å². The second-order valence-electron chi connectivity index (χ2n) is 17.1. The van der Waals surface area contributed by atoms with E-state index >= 15 is 0 Å². The number of unbranched alkanes of at least 4 members (excludes halogenated alkanes) is 19. The summed E-state index contributed by atoms with van der Waals surface area (Å²) in [6.07, 6.45) is 68.4. The summed E-state index contributed by atoms with van der Waals surface area (Å²) in [4.78, 5) is 37.9. The molecule has 0 aliphatic rings. The number of carbonyl (C=O) groups excluding carboxylic acids is 3. The zero-order valence-electron chi connectivity index (χ0n) is 41.5. The first-order chi connectivity index (χ1) is 31.5. The summed E-state index contributed by atoms with van der Waals surface area (Å²) in [5, 5.41) is 0. The van der Waals surface area contributed by atoms with Gasteiger partial charge in [0.2, 0.25) is 0 Å². The van der Waals surface area contributed by atoms with E-state index in [4.69, 9.17) is 14.2 Å². The maximum atomic E-state index is 12.8. The van der Waals surface area contributed by atoms with E-state index in [0.717, 1.165) is 83.5 Å². The molecule has 64 heavy (non-hydrogen) atoms. The smallest absolute Gasteiger partial charge is 0.306 e. The van der Waals surface area contributed by atoms with Gasteiger partial charge in [0.05, 0.1) is 0 Å². The lowest BCUT2D eigenvalue weighted by Crippen LogP contribution is -2.30. The zero-order chi connectivity index (χ0) is 46.5. The molecule has 1 unspecified atom stereocenters. The summed E-state index contributed by atoms with van der Waals surface area (Å²) >= 11 is 0. The number of rotatable bonds is 46. The van der Waals surface area contributed by atoms with Crippen molar-refractivity contribution in [2.75, 3.05) is 13.2 Å². The lowest BCUT2D eigenvalue weighted by Gasteiger charge is -2.18. The van der Waals surface area contributed by atoms with Crippen molar-refractivity contribution in [3.05, 3.63) is 97.2 Å². The van der Waals surface area contributed by atoms with E-state index in [9.17, 15) is 14.4 Å². The molecule has 0 spiro atoms. The molecule has 0 fully saturated rings. The van der Waals surface area contributed by atoms with E-state index in [-0.39, 0.29) is 37.5 Å². The summed E-state index contributed by atoms with van der Waals surface area (Å²) in [6, 6.07) is 0. The Morgan fingerprint density at radius 1 is 0.328 bits per heavy atom. The van der Waals surface area contributed by atoms with E-state index < -0.39 is 6.10 Å². The van der Waals surface area contributed by atoms with Crippen LogP contribution in [0.2, 0.25) is 0 Å². The molecule has 0 aromatic heterocycles. The molecular formula is C58H96O6. The largest absolute Gasteiger partial charge is 0.462 e. The fourth-order valence-electron chi connectivity index (χ4n) is 6.91. The average molecular weight is 889 g/mol. The monoisotopic (exact) mass is 889 g/mol. The van der Waals surface area contributed by atoms with E-state index in [0.29, 0.717) is 19.3 Å². The van der Waals surface area contributed by atoms with Crippen LogP contribution in [0.15, 0.2) is 97.2 Å². The molecule has 364 valence electrons. The van der Waals surface area contributed by atoms with E-state index in [1.807, 2.05) is 6.08 Å². The van der Waals surface area contributed by atoms with Crippen molar-refractivity contribution in [2.45, 2.75) is 239 Å². The third kappa shape index (κ3) is 49.3. The van der Waals surface area contributed by atoms with Crippen molar-refractivity contribution in [2.24, 2.45) is 0 Å². The molecule has 0 aliphatic carbocycles. The van der Waals surface area contributed by atoms with Gasteiger partial charge in [-0.2, -0.15) is 0 Å².